The van der Waals surface area contributed by atoms with Crippen LogP contribution in [0.5, 0.6) is 0 Å². The molecular formula is C18H15N3O3S2. The largest absolute Gasteiger partial charge is 0.356 e. The third-order valence-electron chi connectivity index (χ3n) is 3.87. The van der Waals surface area contributed by atoms with Gasteiger partial charge in [-0.25, -0.2) is 13.1 Å². The van der Waals surface area contributed by atoms with Gasteiger partial charge in [-0.3, -0.25) is 4.98 Å². The highest BCUT2D eigenvalue weighted by Gasteiger charge is 2.17. The van der Waals surface area contributed by atoms with E-state index >= 15 is 0 Å². The number of rotatable bonds is 6. The van der Waals surface area contributed by atoms with Crippen LogP contribution in [0.3, 0.4) is 0 Å². The molecule has 1 N–H and O–H groups in total. The van der Waals surface area contributed by atoms with Gasteiger partial charge in [-0.05, 0) is 41.3 Å². The molecule has 0 aliphatic carbocycles. The molecule has 0 fully saturated rings. The van der Waals surface area contributed by atoms with Gasteiger partial charge in [0.15, 0.2) is 5.58 Å². The Morgan fingerprint density at radius 3 is 2.85 bits per heavy atom. The molecule has 0 atom stereocenters. The molecule has 0 spiro atoms. The van der Waals surface area contributed by atoms with Crippen molar-refractivity contribution in [3.8, 4) is 10.6 Å². The molecule has 8 heteroatoms. The van der Waals surface area contributed by atoms with E-state index in [-0.39, 0.29) is 12.3 Å². The first kappa shape index (κ1) is 16.9. The molecular weight excluding hydrogens is 370 g/mol. The number of benzene rings is 1. The highest BCUT2D eigenvalue weighted by molar-refractivity contribution is 7.88. The average molecular weight is 385 g/mol. The van der Waals surface area contributed by atoms with Gasteiger partial charge in [-0.2, -0.15) is 0 Å². The van der Waals surface area contributed by atoms with Crippen molar-refractivity contribution in [3.05, 3.63) is 71.4 Å². The fourth-order valence-electron chi connectivity index (χ4n) is 2.61. The molecule has 0 saturated carbocycles. The summed E-state index contributed by atoms with van der Waals surface area (Å²) < 4.78 is 32.6. The maximum absolute atomic E-state index is 12.4. The predicted molar refractivity (Wildman–Crippen MR) is 101 cm³/mol. The monoisotopic (exact) mass is 385 g/mol. The summed E-state index contributed by atoms with van der Waals surface area (Å²) in [5.41, 5.74) is 2.66. The SMILES string of the molecule is O=S(=O)(Cc1noc2ccccc12)NCc1ccnc(-c2cccs2)c1. The summed E-state index contributed by atoms with van der Waals surface area (Å²) >= 11 is 1.59. The Bertz CT molecular complexity index is 1140. The van der Waals surface area contributed by atoms with Gasteiger partial charge < -0.3 is 4.52 Å². The highest BCUT2D eigenvalue weighted by atomic mass is 32.2. The van der Waals surface area contributed by atoms with Crippen LogP contribution in [-0.2, 0) is 22.3 Å². The van der Waals surface area contributed by atoms with E-state index in [9.17, 15) is 8.42 Å². The summed E-state index contributed by atoms with van der Waals surface area (Å²) in [6.45, 7) is 0.193. The number of sulfonamides is 1. The second-order valence-electron chi connectivity index (χ2n) is 5.73. The minimum absolute atomic E-state index is 0.193. The van der Waals surface area contributed by atoms with Crippen LogP contribution in [0.15, 0.2) is 64.6 Å². The third-order valence-corrected chi connectivity index (χ3v) is 6.00. The van der Waals surface area contributed by atoms with E-state index in [0.717, 1.165) is 16.1 Å². The molecule has 4 aromatic rings. The average Bonchev–Trinajstić information content (AvgIpc) is 3.31. The van der Waals surface area contributed by atoms with E-state index in [2.05, 4.69) is 14.9 Å². The van der Waals surface area contributed by atoms with Crippen molar-refractivity contribution < 1.29 is 12.9 Å². The molecule has 0 saturated heterocycles. The molecule has 0 bridgehead atoms. The van der Waals surface area contributed by atoms with E-state index in [1.165, 1.54) is 0 Å². The molecule has 0 aliphatic heterocycles. The van der Waals surface area contributed by atoms with E-state index in [1.807, 2.05) is 35.7 Å². The quantitative estimate of drug-likeness (QED) is 0.548. The lowest BCUT2D eigenvalue weighted by Gasteiger charge is -2.06. The van der Waals surface area contributed by atoms with Crippen molar-refractivity contribution in [2.75, 3.05) is 0 Å². The van der Waals surface area contributed by atoms with Crippen LogP contribution in [0.4, 0.5) is 0 Å². The van der Waals surface area contributed by atoms with Crippen molar-refractivity contribution in [1.82, 2.24) is 14.9 Å². The van der Waals surface area contributed by atoms with Crippen LogP contribution in [0.25, 0.3) is 21.5 Å². The van der Waals surface area contributed by atoms with E-state index < -0.39 is 10.0 Å². The molecule has 4 rings (SSSR count). The van der Waals surface area contributed by atoms with Gasteiger partial charge in [-0.1, -0.05) is 23.4 Å². The van der Waals surface area contributed by atoms with Crippen LogP contribution in [0.1, 0.15) is 11.3 Å². The summed E-state index contributed by atoms with van der Waals surface area (Å²) in [6.07, 6.45) is 1.68. The Morgan fingerprint density at radius 1 is 1.12 bits per heavy atom. The molecule has 132 valence electrons. The molecule has 26 heavy (non-hydrogen) atoms. The van der Waals surface area contributed by atoms with Crippen molar-refractivity contribution in [2.24, 2.45) is 0 Å². The molecule has 0 aliphatic rings. The molecule has 3 heterocycles. The first-order chi connectivity index (χ1) is 12.6. The Kier molecular flexibility index (Phi) is 4.54. The number of fused-ring (bicyclic) bond motifs is 1. The summed E-state index contributed by atoms with van der Waals surface area (Å²) in [7, 11) is -3.55. The Labute approximate surface area is 154 Å². The smallest absolute Gasteiger partial charge is 0.217 e. The zero-order valence-corrected chi connectivity index (χ0v) is 15.3. The van der Waals surface area contributed by atoms with Crippen LogP contribution >= 0.6 is 11.3 Å². The third kappa shape index (κ3) is 3.67. The highest BCUT2D eigenvalue weighted by Crippen LogP contribution is 2.23. The number of nitrogens with one attached hydrogen (secondary N) is 1. The molecule has 3 aromatic heterocycles. The van der Waals surface area contributed by atoms with Crippen molar-refractivity contribution in [2.45, 2.75) is 12.3 Å². The van der Waals surface area contributed by atoms with Gasteiger partial charge in [0.05, 0.1) is 10.6 Å². The molecule has 1 aromatic carbocycles. The minimum atomic E-state index is -3.55. The first-order valence-corrected chi connectivity index (χ1v) is 10.4. The van der Waals surface area contributed by atoms with E-state index in [0.29, 0.717) is 16.7 Å². The van der Waals surface area contributed by atoms with Crippen LogP contribution in [0.2, 0.25) is 0 Å². The number of para-hydroxylation sites is 1. The standard InChI is InChI=1S/C18H15N3O3S2/c22-26(23,12-16-14-4-1-2-5-17(14)24-21-16)20-11-13-7-8-19-15(10-13)18-6-3-9-25-18/h1-10,20H,11-12H2. The van der Waals surface area contributed by atoms with Crippen LogP contribution in [-0.4, -0.2) is 18.6 Å². The second-order valence-corrected chi connectivity index (χ2v) is 8.49. The van der Waals surface area contributed by atoms with Crippen LogP contribution in [0, 0.1) is 0 Å². The fourth-order valence-corrected chi connectivity index (χ4v) is 4.36. The normalized spacial score (nSPS) is 11.8. The topological polar surface area (TPSA) is 85.1 Å². The molecule has 6 nitrogen and oxygen atoms in total. The van der Waals surface area contributed by atoms with Gasteiger partial charge in [0.2, 0.25) is 10.0 Å². The number of nitrogens with zero attached hydrogens (tertiary/aromatic N) is 2. The number of pyridine rings is 1. The van der Waals surface area contributed by atoms with Gasteiger partial charge in [0.1, 0.15) is 11.4 Å². The van der Waals surface area contributed by atoms with Crippen molar-refractivity contribution >= 4 is 32.3 Å². The maximum atomic E-state index is 12.4. The summed E-state index contributed by atoms with van der Waals surface area (Å²) in [6, 6.07) is 14.8. The minimum Gasteiger partial charge on any atom is -0.356 e. The van der Waals surface area contributed by atoms with Crippen molar-refractivity contribution in [1.29, 1.82) is 0 Å². The Balaban J connectivity index is 1.48. The lowest BCUT2D eigenvalue weighted by molar-refractivity contribution is 0.448. The fraction of sp³-hybridized carbons (Fsp3) is 0.111. The van der Waals surface area contributed by atoms with Crippen molar-refractivity contribution in [3.63, 3.8) is 0 Å². The van der Waals surface area contributed by atoms with Gasteiger partial charge in [-0.15, -0.1) is 11.3 Å². The maximum Gasteiger partial charge on any atom is 0.217 e. The summed E-state index contributed by atoms with van der Waals surface area (Å²) in [5.74, 6) is -0.229. The number of aromatic nitrogens is 2. The number of hydrogen-bond donors (Lipinski definition) is 1. The summed E-state index contributed by atoms with van der Waals surface area (Å²) in [4.78, 5) is 5.38. The van der Waals surface area contributed by atoms with E-state index in [4.69, 9.17) is 4.52 Å². The molecule has 0 unspecified atom stereocenters. The lowest BCUT2D eigenvalue weighted by Crippen LogP contribution is -2.25. The number of thiophene rings is 1. The molecule has 0 radical (unpaired) electrons. The first-order valence-electron chi connectivity index (χ1n) is 7.90. The number of hydrogen-bond acceptors (Lipinski definition) is 6. The zero-order chi connectivity index (χ0) is 18.0. The molecule has 0 amide bonds. The Morgan fingerprint density at radius 2 is 2.00 bits per heavy atom. The second kappa shape index (κ2) is 6.99. The van der Waals surface area contributed by atoms with Crippen LogP contribution < -0.4 is 4.72 Å². The zero-order valence-electron chi connectivity index (χ0n) is 13.6. The summed E-state index contributed by atoms with van der Waals surface area (Å²) in [5, 5.41) is 6.57. The lowest BCUT2D eigenvalue weighted by atomic mass is 10.2. The Hall–Kier alpha value is -2.55. The van der Waals surface area contributed by atoms with Gasteiger partial charge >= 0.3 is 0 Å². The van der Waals surface area contributed by atoms with E-state index in [1.54, 1.807) is 35.7 Å². The van der Waals surface area contributed by atoms with Gasteiger partial charge in [0.25, 0.3) is 0 Å². The predicted octanol–water partition coefficient (Wildman–Crippen LogP) is 3.57. The van der Waals surface area contributed by atoms with Gasteiger partial charge in [0, 0.05) is 18.1 Å².